The number of rotatable bonds is 7. The molecule has 0 aliphatic carbocycles. The lowest BCUT2D eigenvalue weighted by Crippen LogP contribution is -2.32. The van der Waals surface area contributed by atoms with E-state index in [0.29, 0.717) is 29.2 Å². The van der Waals surface area contributed by atoms with Gasteiger partial charge in [-0.25, -0.2) is 0 Å². The Bertz CT molecular complexity index is 877. The second kappa shape index (κ2) is 11.2. The van der Waals surface area contributed by atoms with Gasteiger partial charge in [0.2, 0.25) is 0 Å². The van der Waals surface area contributed by atoms with Crippen molar-refractivity contribution in [3.05, 3.63) is 58.1 Å². The average Bonchev–Trinajstić information content (AvgIpc) is 3.04. The summed E-state index contributed by atoms with van der Waals surface area (Å²) in [6.07, 6.45) is 6.31. The van der Waals surface area contributed by atoms with E-state index < -0.39 is 0 Å². The molecule has 3 rings (SSSR count). The fraction of sp³-hybridized carbons (Fsp3) is 0.417. The highest BCUT2D eigenvalue weighted by Crippen LogP contribution is 2.26. The highest BCUT2D eigenvalue weighted by atomic mass is 79.9. The molecule has 6 heteroatoms. The maximum Gasteiger partial charge on any atom is 0.259 e. The Morgan fingerprint density at radius 3 is 2.50 bits per heavy atom. The molecular formula is C24H29BrN2O3. The number of likely N-dealkylation sites (tertiary alicyclic amines) is 1. The number of nitrogens with one attached hydrogen (secondary N) is 1. The van der Waals surface area contributed by atoms with Gasteiger partial charge in [-0.3, -0.25) is 9.59 Å². The number of benzene rings is 2. The van der Waals surface area contributed by atoms with E-state index in [2.05, 4.69) is 28.2 Å². The van der Waals surface area contributed by atoms with Crippen LogP contribution in [0.1, 0.15) is 66.2 Å². The first-order valence-corrected chi connectivity index (χ1v) is 11.5. The van der Waals surface area contributed by atoms with Crippen LogP contribution in [0.15, 0.2) is 46.9 Å². The molecule has 160 valence electrons. The van der Waals surface area contributed by atoms with Crippen LogP contribution in [0.3, 0.4) is 0 Å². The summed E-state index contributed by atoms with van der Waals surface area (Å²) in [6, 6.07) is 12.6. The van der Waals surface area contributed by atoms with E-state index in [1.807, 2.05) is 23.1 Å². The van der Waals surface area contributed by atoms with Crippen LogP contribution in [0.25, 0.3) is 0 Å². The van der Waals surface area contributed by atoms with Crippen molar-refractivity contribution < 1.29 is 14.3 Å². The van der Waals surface area contributed by atoms with Crippen LogP contribution in [0, 0.1) is 0 Å². The number of nitrogens with zero attached hydrogens (tertiary/aromatic N) is 1. The zero-order valence-corrected chi connectivity index (χ0v) is 19.0. The van der Waals surface area contributed by atoms with Gasteiger partial charge >= 0.3 is 0 Å². The van der Waals surface area contributed by atoms with E-state index in [-0.39, 0.29) is 11.8 Å². The Hall–Kier alpha value is -2.34. The van der Waals surface area contributed by atoms with Gasteiger partial charge in [0, 0.05) is 17.6 Å². The first kappa shape index (κ1) is 22.3. The van der Waals surface area contributed by atoms with Gasteiger partial charge in [-0.05, 0) is 49.6 Å². The number of amides is 2. The first-order valence-electron chi connectivity index (χ1n) is 10.7. The number of para-hydroxylation sites is 1. The minimum atomic E-state index is -0.293. The van der Waals surface area contributed by atoms with Crippen molar-refractivity contribution in [3.63, 3.8) is 0 Å². The monoisotopic (exact) mass is 472 g/mol. The Morgan fingerprint density at radius 1 is 1.03 bits per heavy atom. The molecule has 30 heavy (non-hydrogen) atoms. The molecule has 0 spiro atoms. The Kier molecular flexibility index (Phi) is 8.31. The Labute approximate surface area is 186 Å². The molecule has 0 atom stereocenters. The zero-order chi connectivity index (χ0) is 21.3. The van der Waals surface area contributed by atoms with E-state index in [1.54, 1.807) is 24.3 Å². The first-order chi connectivity index (χ1) is 14.6. The standard InChI is InChI=1S/C24H29BrN2O3/c1-2-3-16-30-22-13-12-18(25)17-20(22)23(28)26-21-11-7-6-10-19(21)24(29)27-14-8-4-5-9-15-27/h6-7,10-13,17H,2-5,8-9,14-16H2,1H3,(H,26,28). The van der Waals surface area contributed by atoms with E-state index in [9.17, 15) is 9.59 Å². The van der Waals surface area contributed by atoms with Gasteiger partial charge in [0.05, 0.1) is 23.4 Å². The summed E-state index contributed by atoms with van der Waals surface area (Å²) in [6.45, 7) is 4.18. The van der Waals surface area contributed by atoms with E-state index in [1.165, 1.54) is 0 Å². The largest absolute Gasteiger partial charge is 0.493 e. The number of hydrogen-bond donors (Lipinski definition) is 1. The summed E-state index contributed by atoms with van der Waals surface area (Å²) in [5.41, 5.74) is 1.49. The summed E-state index contributed by atoms with van der Waals surface area (Å²) in [5, 5.41) is 2.93. The Balaban J connectivity index is 1.81. The lowest BCUT2D eigenvalue weighted by molar-refractivity contribution is 0.0762. The van der Waals surface area contributed by atoms with Crippen molar-refractivity contribution in [1.82, 2.24) is 4.90 Å². The molecule has 2 aromatic rings. The number of unbranched alkanes of at least 4 members (excludes halogenated alkanes) is 1. The SMILES string of the molecule is CCCCOc1ccc(Br)cc1C(=O)Nc1ccccc1C(=O)N1CCCCCC1. The van der Waals surface area contributed by atoms with Crippen LogP contribution in [0.2, 0.25) is 0 Å². The zero-order valence-electron chi connectivity index (χ0n) is 17.5. The van der Waals surface area contributed by atoms with Crippen molar-refractivity contribution in [3.8, 4) is 5.75 Å². The molecule has 5 nitrogen and oxygen atoms in total. The molecule has 1 aliphatic heterocycles. The molecule has 0 radical (unpaired) electrons. The number of ether oxygens (including phenoxy) is 1. The minimum absolute atomic E-state index is 0.0264. The van der Waals surface area contributed by atoms with Crippen molar-refractivity contribution in [2.24, 2.45) is 0 Å². The number of hydrogen-bond acceptors (Lipinski definition) is 3. The molecule has 1 fully saturated rings. The number of anilines is 1. The summed E-state index contributed by atoms with van der Waals surface area (Å²) < 4.78 is 6.62. The minimum Gasteiger partial charge on any atom is -0.493 e. The molecule has 1 heterocycles. The molecule has 1 saturated heterocycles. The smallest absolute Gasteiger partial charge is 0.259 e. The highest BCUT2D eigenvalue weighted by Gasteiger charge is 2.22. The molecule has 1 N–H and O–H groups in total. The molecule has 1 aliphatic rings. The van der Waals surface area contributed by atoms with Gasteiger partial charge in [0.15, 0.2) is 0 Å². The lowest BCUT2D eigenvalue weighted by Gasteiger charge is -2.22. The molecule has 0 unspecified atom stereocenters. The quantitative estimate of drug-likeness (QED) is 0.510. The predicted molar refractivity (Wildman–Crippen MR) is 123 cm³/mol. The van der Waals surface area contributed by atoms with E-state index in [0.717, 1.165) is 56.1 Å². The van der Waals surface area contributed by atoms with Crippen molar-refractivity contribution in [2.45, 2.75) is 45.4 Å². The topological polar surface area (TPSA) is 58.6 Å². The van der Waals surface area contributed by atoms with Gasteiger partial charge in [-0.1, -0.05) is 54.2 Å². The van der Waals surface area contributed by atoms with Gasteiger partial charge in [-0.15, -0.1) is 0 Å². The van der Waals surface area contributed by atoms with Crippen LogP contribution < -0.4 is 10.1 Å². The maximum atomic E-state index is 13.1. The van der Waals surface area contributed by atoms with Crippen LogP contribution >= 0.6 is 15.9 Å². The predicted octanol–water partition coefficient (Wildman–Crippen LogP) is 5.90. The second-order valence-corrected chi connectivity index (χ2v) is 8.46. The van der Waals surface area contributed by atoms with Gasteiger partial charge in [0.1, 0.15) is 5.75 Å². The molecule has 2 aromatic carbocycles. The Morgan fingerprint density at radius 2 is 1.77 bits per heavy atom. The average molecular weight is 473 g/mol. The second-order valence-electron chi connectivity index (χ2n) is 7.55. The summed E-state index contributed by atoms with van der Waals surface area (Å²) >= 11 is 3.43. The molecule has 0 aromatic heterocycles. The van der Waals surface area contributed by atoms with Gasteiger partial charge in [-0.2, -0.15) is 0 Å². The van der Waals surface area contributed by atoms with Gasteiger partial charge < -0.3 is 15.0 Å². The third-order valence-corrected chi connectivity index (χ3v) is 5.73. The van der Waals surface area contributed by atoms with Crippen molar-refractivity contribution in [1.29, 1.82) is 0 Å². The van der Waals surface area contributed by atoms with Crippen LogP contribution in [-0.2, 0) is 0 Å². The van der Waals surface area contributed by atoms with Crippen molar-refractivity contribution in [2.75, 3.05) is 25.0 Å². The van der Waals surface area contributed by atoms with Crippen LogP contribution in [0.4, 0.5) is 5.69 Å². The van der Waals surface area contributed by atoms with Crippen molar-refractivity contribution >= 4 is 33.4 Å². The normalized spacial score (nSPS) is 14.1. The number of carbonyl (C=O) groups excluding carboxylic acids is 2. The molecule has 0 saturated carbocycles. The summed E-state index contributed by atoms with van der Waals surface area (Å²) in [7, 11) is 0. The molecule has 2 amide bonds. The fourth-order valence-electron chi connectivity index (χ4n) is 3.54. The van der Waals surface area contributed by atoms with E-state index in [4.69, 9.17) is 4.74 Å². The highest BCUT2D eigenvalue weighted by molar-refractivity contribution is 9.10. The van der Waals surface area contributed by atoms with E-state index >= 15 is 0 Å². The van der Waals surface area contributed by atoms with Gasteiger partial charge in [0.25, 0.3) is 11.8 Å². The van der Waals surface area contributed by atoms with Crippen LogP contribution in [0.5, 0.6) is 5.75 Å². The number of carbonyl (C=O) groups is 2. The molecular weight excluding hydrogens is 444 g/mol. The fourth-order valence-corrected chi connectivity index (χ4v) is 3.91. The third kappa shape index (κ3) is 5.85. The maximum absolute atomic E-state index is 13.1. The summed E-state index contributed by atoms with van der Waals surface area (Å²) in [5.74, 6) is 0.223. The lowest BCUT2D eigenvalue weighted by atomic mass is 10.1. The third-order valence-electron chi connectivity index (χ3n) is 5.24. The molecule has 0 bridgehead atoms. The number of halogens is 1. The van der Waals surface area contributed by atoms with Crippen LogP contribution in [-0.4, -0.2) is 36.4 Å². The summed E-state index contributed by atoms with van der Waals surface area (Å²) in [4.78, 5) is 28.1.